The molecule has 0 bridgehead atoms. The number of hydrogen-bond donors (Lipinski definition) is 1. The lowest BCUT2D eigenvalue weighted by molar-refractivity contribution is 0.819. The summed E-state index contributed by atoms with van der Waals surface area (Å²) in [4.78, 5) is 0. The zero-order valence-electron chi connectivity index (χ0n) is 9.33. The number of hydrogen-bond acceptors (Lipinski definition) is 4. The summed E-state index contributed by atoms with van der Waals surface area (Å²) in [5, 5.41) is 14.6. The SMILES string of the molecule is Cc1nnc(-n2cc(N)cn2)c2ccccc12. The molecule has 0 atom stereocenters. The molecule has 0 saturated carbocycles. The van der Waals surface area contributed by atoms with Gasteiger partial charge in [-0.25, -0.2) is 4.68 Å². The van der Waals surface area contributed by atoms with Crippen molar-refractivity contribution in [2.75, 3.05) is 5.73 Å². The molecule has 5 nitrogen and oxygen atoms in total. The Bertz CT molecular complexity index is 686. The average molecular weight is 225 g/mol. The number of nitrogens with zero attached hydrogens (tertiary/aromatic N) is 4. The fraction of sp³-hybridized carbons (Fsp3) is 0.0833. The number of benzene rings is 1. The maximum Gasteiger partial charge on any atom is 0.183 e. The summed E-state index contributed by atoms with van der Waals surface area (Å²) in [7, 11) is 0. The molecule has 0 aliphatic carbocycles. The van der Waals surface area contributed by atoms with Crippen molar-refractivity contribution in [2.45, 2.75) is 6.92 Å². The quantitative estimate of drug-likeness (QED) is 0.684. The van der Waals surface area contributed by atoms with E-state index < -0.39 is 0 Å². The number of aromatic nitrogens is 4. The maximum absolute atomic E-state index is 5.66. The molecule has 1 aromatic carbocycles. The Hall–Kier alpha value is -2.43. The Kier molecular flexibility index (Phi) is 2.04. The Balaban J connectivity index is 2.34. The molecule has 0 aliphatic heterocycles. The van der Waals surface area contributed by atoms with E-state index >= 15 is 0 Å². The third kappa shape index (κ3) is 1.52. The third-order valence-electron chi connectivity index (χ3n) is 2.67. The van der Waals surface area contributed by atoms with Gasteiger partial charge < -0.3 is 5.73 Å². The van der Waals surface area contributed by atoms with Crippen LogP contribution in [0.4, 0.5) is 5.69 Å². The molecule has 0 radical (unpaired) electrons. The lowest BCUT2D eigenvalue weighted by atomic mass is 10.1. The molecule has 2 heterocycles. The van der Waals surface area contributed by atoms with E-state index in [1.54, 1.807) is 17.1 Å². The van der Waals surface area contributed by atoms with Gasteiger partial charge in [-0.2, -0.15) is 10.2 Å². The first-order chi connectivity index (χ1) is 8.25. The second-order valence-corrected chi connectivity index (χ2v) is 3.87. The van der Waals surface area contributed by atoms with Crippen molar-refractivity contribution in [3.8, 4) is 5.82 Å². The van der Waals surface area contributed by atoms with E-state index in [4.69, 9.17) is 5.73 Å². The van der Waals surface area contributed by atoms with E-state index in [1.165, 1.54) is 0 Å². The molecule has 0 unspecified atom stereocenters. The van der Waals surface area contributed by atoms with Crippen molar-refractivity contribution in [1.82, 2.24) is 20.0 Å². The largest absolute Gasteiger partial charge is 0.396 e. The molecule has 84 valence electrons. The first-order valence-electron chi connectivity index (χ1n) is 5.28. The van der Waals surface area contributed by atoms with E-state index in [0.29, 0.717) is 11.5 Å². The van der Waals surface area contributed by atoms with Crippen LogP contribution >= 0.6 is 0 Å². The first-order valence-corrected chi connectivity index (χ1v) is 5.28. The van der Waals surface area contributed by atoms with Crippen molar-refractivity contribution in [2.24, 2.45) is 0 Å². The van der Waals surface area contributed by atoms with Crippen LogP contribution in [0.3, 0.4) is 0 Å². The van der Waals surface area contributed by atoms with E-state index in [2.05, 4.69) is 15.3 Å². The van der Waals surface area contributed by atoms with Gasteiger partial charge in [0.05, 0.1) is 23.8 Å². The smallest absolute Gasteiger partial charge is 0.183 e. The molecular weight excluding hydrogens is 214 g/mol. The predicted molar refractivity (Wildman–Crippen MR) is 65.8 cm³/mol. The molecule has 5 heteroatoms. The number of fused-ring (bicyclic) bond motifs is 1. The summed E-state index contributed by atoms with van der Waals surface area (Å²) in [6.45, 7) is 1.94. The molecule has 0 saturated heterocycles. The average Bonchev–Trinajstić information content (AvgIpc) is 2.77. The zero-order chi connectivity index (χ0) is 11.8. The minimum absolute atomic E-state index is 0.608. The Labute approximate surface area is 97.9 Å². The van der Waals surface area contributed by atoms with Crippen LogP contribution in [0, 0.1) is 6.92 Å². The fourth-order valence-electron chi connectivity index (χ4n) is 1.85. The van der Waals surface area contributed by atoms with Crippen LogP contribution in [-0.4, -0.2) is 20.0 Å². The lowest BCUT2D eigenvalue weighted by Crippen LogP contribution is -2.02. The minimum atomic E-state index is 0.608. The van der Waals surface area contributed by atoms with Crippen molar-refractivity contribution >= 4 is 16.5 Å². The summed E-state index contributed by atoms with van der Waals surface area (Å²) in [6.07, 6.45) is 3.32. The molecule has 3 rings (SSSR count). The number of anilines is 1. The highest BCUT2D eigenvalue weighted by Gasteiger charge is 2.08. The van der Waals surface area contributed by atoms with Crippen molar-refractivity contribution in [3.05, 3.63) is 42.4 Å². The minimum Gasteiger partial charge on any atom is -0.396 e. The van der Waals surface area contributed by atoms with Gasteiger partial charge in [-0.05, 0) is 6.92 Å². The summed E-state index contributed by atoms with van der Waals surface area (Å²) >= 11 is 0. The van der Waals surface area contributed by atoms with Gasteiger partial charge in [0.1, 0.15) is 0 Å². The Morgan fingerprint density at radius 3 is 2.59 bits per heavy atom. The van der Waals surface area contributed by atoms with Crippen molar-refractivity contribution in [3.63, 3.8) is 0 Å². The van der Waals surface area contributed by atoms with Crippen LogP contribution in [0.2, 0.25) is 0 Å². The number of aryl methyl sites for hydroxylation is 1. The van der Waals surface area contributed by atoms with Crippen LogP contribution in [-0.2, 0) is 0 Å². The monoisotopic (exact) mass is 225 g/mol. The Morgan fingerprint density at radius 2 is 1.88 bits per heavy atom. The second kappa shape index (κ2) is 3.55. The highest BCUT2D eigenvalue weighted by molar-refractivity contribution is 5.89. The normalized spacial score (nSPS) is 10.9. The first kappa shape index (κ1) is 9.77. The summed E-state index contributed by atoms with van der Waals surface area (Å²) < 4.78 is 1.64. The van der Waals surface area contributed by atoms with Gasteiger partial charge in [-0.3, -0.25) is 0 Å². The van der Waals surface area contributed by atoms with Gasteiger partial charge in [0.25, 0.3) is 0 Å². The summed E-state index contributed by atoms with van der Waals surface area (Å²) in [5.74, 6) is 0.697. The number of nitrogens with two attached hydrogens (primary N) is 1. The maximum atomic E-state index is 5.66. The fourth-order valence-corrected chi connectivity index (χ4v) is 1.85. The van der Waals surface area contributed by atoms with Crippen LogP contribution in [0.15, 0.2) is 36.7 Å². The van der Waals surface area contributed by atoms with Crippen molar-refractivity contribution in [1.29, 1.82) is 0 Å². The van der Waals surface area contributed by atoms with Crippen LogP contribution in [0.5, 0.6) is 0 Å². The van der Waals surface area contributed by atoms with E-state index in [0.717, 1.165) is 16.5 Å². The molecule has 3 aromatic rings. The Morgan fingerprint density at radius 1 is 1.12 bits per heavy atom. The van der Waals surface area contributed by atoms with E-state index in [-0.39, 0.29) is 0 Å². The summed E-state index contributed by atoms with van der Waals surface area (Å²) in [5.41, 5.74) is 7.17. The molecular formula is C12H11N5. The molecule has 0 aliphatic rings. The van der Waals surface area contributed by atoms with Crippen molar-refractivity contribution < 1.29 is 0 Å². The molecule has 2 aromatic heterocycles. The second-order valence-electron chi connectivity index (χ2n) is 3.87. The lowest BCUT2D eigenvalue weighted by Gasteiger charge is -2.06. The highest BCUT2D eigenvalue weighted by atomic mass is 15.3. The standard InChI is InChI=1S/C12H11N5/c1-8-10-4-2-3-5-11(10)12(16-15-8)17-7-9(13)6-14-17/h2-7H,13H2,1H3. The van der Waals surface area contributed by atoms with E-state index in [1.807, 2.05) is 31.2 Å². The third-order valence-corrected chi connectivity index (χ3v) is 2.67. The van der Waals surface area contributed by atoms with Gasteiger partial charge in [0.2, 0.25) is 0 Å². The number of rotatable bonds is 1. The number of nitrogen functional groups attached to an aromatic ring is 1. The van der Waals surface area contributed by atoms with E-state index in [9.17, 15) is 0 Å². The summed E-state index contributed by atoms with van der Waals surface area (Å²) in [6, 6.07) is 7.98. The van der Waals surface area contributed by atoms with Crippen LogP contribution in [0.25, 0.3) is 16.6 Å². The van der Waals surface area contributed by atoms with Gasteiger partial charge in [-0.15, -0.1) is 5.10 Å². The molecule has 0 amide bonds. The molecule has 2 N–H and O–H groups in total. The van der Waals surface area contributed by atoms with Crippen LogP contribution in [0.1, 0.15) is 5.69 Å². The predicted octanol–water partition coefficient (Wildman–Crippen LogP) is 1.71. The van der Waals surface area contributed by atoms with Gasteiger partial charge in [-0.1, -0.05) is 24.3 Å². The molecule has 17 heavy (non-hydrogen) atoms. The zero-order valence-corrected chi connectivity index (χ0v) is 9.33. The van der Waals surface area contributed by atoms with Gasteiger partial charge >= 0.3 is 0 Å². The molecule has 0 spiro atoms. The highest BCUT2D eigenvalue weighted by Crippen LogP contribution is 2.21. The topological polar surface area (TPSA) is 69.6 Å². The molecule has 0 fully saturated rings. The van der Waals surface area contributed by atoms with Gasteiger partial charge in [0, 0.05) is 10.8 Å². The van der Waals surface area contributed by atoms with Crippen LogP contribution < -0.4 is 5.73 Å². The van der Waals surface area contributed by atoms with Gasteiger partial charge in [0.15, 0.2) is 5.82 Å².